The standard InChI is InChI=1S/C17H24N2O5/c1-4-18-15(20)10-19(5-2)16(21)11-24-17(22)12-23-14-9-7-6-8-13(14)3/h6-9H,4-5,10-12H2,1-3H3,(H,18,20). The molecular weight excluding hydrogens is 312 g/mol. The number of ether oxygens (including phenoxy) is 2. The molecule has 0 saturated carbocycles. The number of benzene rings is 1. The fourth-order valence-electron chi connectivity index (χ4n) is 1.93. The van der Waals surface area contributed by atoms with Gasteiger partial charge in [0.15, 0.2) is 13.2 Å². The zero-order valence-corrected chi connectivity index (χ0v) is 14.3. The molecule has 0 unspecified atom stereocenters. The van der Waals surface area contributed by atoms with Crippen LogP contribution in [0.2, 0.25) is 0 Å². The summed E-state index contributed by atoms with van der Waals surface area (Å²) >= 11 is 0. The average Bonchev–Trinajstić information content (AvgIpc) is 2.57. The number of rotatable bonds is 9. The third-order valence-corrected chi connectivity index (χ3v) is 3.24. The van der Waals surface area contributed by atoms with Crippen molar-refractivity contribution in [2.75, 3.05) is 32.8 Å². The molecule has 0 radical (unpaired) electrons. The Hall–Kier alpha value is -2.57. The van der Waals surface area contributed by atoms with Gasteiger partial charge in [-0.1, -0.05) is 18.2 Å². The number of likely N-dealkylation sites (N-methyl/N-ethyl adjacent to an activating group) is 2. The summed E-state index contributed by atoms with van der Waals surface area (Å²) in [5, 5.41) is 2.61. The second-order valence-electron chi connectivity index (χ2n) is 5.08. The van der Waals surface area contributed by atoms with E-state index in [9.17, 15) is 14.4 Å². The zero-order chi connectivity index (χ0) is 17.9. The van der Waals surface area contributed by atoms with Crippen LogP contribution in [0.1, 0.15) is 19.4 Å². The summed E-state index contributed by atoms with van der Waals surface area (Å²) in [6.45, 7) is 5.52. The monoisotopic (exact) mass is 336 g/mol. The molecule has 1 aromatic carbocycles. The van der Waals surface area contributed by atoms with E-state index in [4.69, 9.17) is 9.47 Å². The highest BCUT2D eigenvalue weighted by atomic mass is 16.6. The summed E-state index contributed by atoms with van der Waals surface area (Å²) in [6, 6.07) is 7.29. The highest BCUT2D eigenvalue weighted by Gasteiger charge is 2.17. The number of hydrogen-bond acceptors (Lipinski definition) is 5. The van der Waals surface area contributed by atoms with Crippen molar-refractivity contribution in [3.63, 3.8) is 0 Å². The molecule has 2 amide bonds. The van der Waals surface area contributed by atoms with E-state index in [1.54, 1.807) is 26.0 Å². The number of amides is 2. The van der Waals surface area contributed by atoms with Crippen LogP contribution in [0.25, 0.3) is 0 Å². The number of aryl methyl sites for hydroxylation is 1. The SMILES string of the molecule is CCNC(=O)CN(CC)C(=O)COC(=O)COc1ccccc1C. The minimum absolute atomic E-state index is 0.0551. The van der Waals surface area contributed by atoms with Crippen LogP contribution >= 0.6 is 0 Å². The summed E-state index contributed by atoms with van der Waals surface area (Å²) in [5.41, 5.74) is 0.903. The Balaban J connectivity index is 2.38. The molecule has 1 rings (SSSR count). The molecule has 0 saturated heterocycles. The highest BCUT2D eigenvalue weighted by molar-refractivity contribution is 5.86. The van der Waals surface area contributed by atoms with Gasteiger partial charge in [-0.25, -0.2) is 4.79 Å². The summed E-state index contributed by atoms with van der Waals surface area (Å²) in [4.78, 5) is 36.5. The number of carbonyl (C=O) groups is 3. The number of nitrogens with zero attached hydrogens (tertiary/aromatic N) is 1. The molecular formula is C17H24N2O5. The Morgan fingerprint density at radius 2 is 1.83 bits per heavy atom. The van der Waals surface area contributed by atoms with Crippen LogP contribution in [0, 0.1) is 6.92 Å². The van der Waals surface area contributed by atoms with Crippen LogP contribution in [-0.4, -0.2) is 55.5 Å². The molecule has 1 N–H and O–H groups in total. The van der Waals surface area contributed by atoms with Gasteiger partial charge in [-0.05, 0) is 32.4 Å². The van der Waals surface area contributed by atoms with Gasteiger partial charge in [0, 0.05) is 13.1 Å². The molecule has 0 spiro atoms. The Morgan fingerprint density at radius 1 is 1.12 bits per heavy atom. The number of para-hydroxylation sites is 1. The van der Waals surface area contributed by atoms with Gasteiger partial charge >= 0.3 is 5.97 Å². The van der Waals surface area contributed by atoms with E-state index in [0.717, 1.165) is 5.56 Å². The smallest absolute Gasteiger partial charge is 0.344 e. The van der Waals surface area contributed by atoms with Crippen molar-refractivity contribution in [2.24, 2.45) is 0 Å². The van der Waals surface area contributed by atoms with Crippen molar-refractivity contribution < 1.29 is 23.9 Å². The number of carbonyl (C=O) groups excluding carboxylic acids is 3. The predicted molar refractivity (Wildman–Crippen MR) is 88.6 cm³/mol. The van der Waals surface area contributed by atoms with E-state index >= 15 is 0 Å². The fraction of sp³-hybridized carbons (Fsp3) is 0.471. The van der Waals surface area contributed by atoms with Crippen molar-refractivity contribution >= 4 is 17.8 Å². The molecule has 0 aliphatic carbocycles. The molecule has 7 heteroatoms. The maximum atomic E-state index is 12.0. The summed E-state index contributed by atoms with van der Waals surface area (Å²) < 4.78 is 10.3. The van der Waals surface area contributed by atoms with Crippen LogP contribution in [0.5, 0.6) is 5.75 Å². The molecule has 0 atom stereocenters. The molecule has 0 aliphatic rings. The summed E-state index contributed by atoms with van der Waals surface area (Å²) in [6.07, 6.45) is 0. The quantitative estimate of drug-likeness (QED) is 0.677. The van der Waals surface area contributed by atoms with Gasteiger partial charge in [0.2, 0.25) is 5.91 Å². The van der Waals surface area contributed by atoms with E-state index in [1.165, 1.54) is 4.90 Å². The maximum absolute atomic E-state index is 12.0. The van der Waals surface area contributed by atoms with Crippen LogP contribution in [0.15, 0.2) is 24.3 Å². The molecule has 0 aliphatic heterocycles. The minimum Gasteiger partial charge on any atom is -0.482 e. The molecule has 0 aromatic heterocycles. The fourth-order valence-corrected chi connectivity index (χ4v) is 1.93. The normalized spacial score (nSPS) is 9.96. The van der Waals surface area contributed by atoms with Crippen molar-refractivity contribution in [1.82, 2.24) is 10.2 Å². The number of esters is 1. The molecule has 7 nitrogen and oxygen atoms in total. The van der Waals surface area contributed by atoms with Crippen molar-refractivity contribution in [1.29, 1.82) is 0 Å². The Kier molecular flexibility index (Phi) is 8.32. The number of hydrogen-bond donors (Lipinski definition) is 1. The van der Waals surface area contributed by atoms with E-state index in [0.29, 0.717) is 18.8 Å². The van der Waals surface area contributed by atoms with Crippen LogP contribution in [0.3, 0.4) is 0 Å². The zero-order valence-electron chi connectivity index (χ0n) is 14.3. The van der Waals surface area contributed by atoms with Crippen LogP contribution in [0.4, 0.5) is 0 Å². The van der Waals surface area contributed by atoms with E-state index < -0.39 is 18.5 Å². The predicted octanol–water partition coefficient (Wildman–Crippen LogP) is 0.902. The minimum atomic E-state index is -0.638. The summed E-state index contributed by atoms with van der Waals surface area (Å²) in [7, 11) is 0. The van der Waals surface area contributed by atoms with Gasteiger partial charge in [-0.15, -0.1) is 0 Å². The van der Waals surface area contributed by atoms with Gasteiger partial charge in [0.1, 0.15) is 5.75 Å². The van der Waals surface area contributed by atoms with Gasteiger partial charge < -0.3 is 19.7 Å². The first-order chi connectivity index (χ1) is 11.5. The molecule has 1 aromatic rings. The van der Waals surface area contributed by atoms with Crippen LogP contribution in [-0.2, 0) is 19.1 Å². The van der Waals surface area contributed by atoms with E-state index in [1.807, 2.05) is 19.1 Å². The largest absolute Gasteiger partial charge is 0.482 e. The van der Waals surface area contributed by atoms with Gasteiger partial charge in [-0.3, -0.25) is 9.59 Å². The van der Waals surface area contributed by atoms with E-state index in [2.05, 4.69) is 5.32 Å². The molecule has 0 fully saturated rings. The first kappa shape index (κ1) is 19.5. The average molecular weight is 336 g/mol. The topological polar surface area (TPSA) is 84.9 Å². The molecule has 132 valence electrons. The van der Waals surface area contributed by atoms with Gasteiger partial charge in [-0.2, -0.15) is 0 Å². The van der Waals surface area contributed by atoms with Gasteiger partial charge in [0.05, 0.1) is 6.54 Å². The third kappa shape index (κ3) is 6.68. The van der Waals surface area contributed by atoms with Gasteiger partial charge in [0.25, 0.3) is 5.91 Å². The lowest BCUT2D eigenvalue weighted by atomic mass is 10.2. The van der Waals surface area contributed by atoms with Crippen molar-refractivity contribution in [2.45, 2.75) is 20.8 Å². The Morgan fingerprint density at radius 3 is 2.46 bits per heavy atom. The van der Waals surface area contributed by atoms with Crippen LogP contribution < -0.4 is 10.1 Å². The lowest BCUT2D eigenvalue weighted by Crippen LogP contribution is -2.42. The first-order valence-corrected chi connectivity index (χ1v) is 7.86. The van der Waals surface area contributed by atoms with Crippen molar-refractivity contribution in [3.8, 4) is 5.75 Å². The second kappa shape index (κ2) is 10.3. The lowest BCUT2D eigenvalue weighted by molar-refractivity contribution is -0.154. The number of nitrogens with one attached hydrogen (secondary N) is 1. The first-order valence-electron chi connectivity index (χ1n) is 7.86. The lowest BCUT2D eigenvalue weighted by Gasteiger charge is -2.20. The second-order valence-corrected chi connectivity index (χ2v) is 5.08. The highest BCUT2D eigenvalue weighted by Crippen LogP contribution is 2.15. The summed E-state index contributed by atoms with van der Waals surface area (Å²) in [5.74, 6) is -0.720. The Labute approximate surface area is 141 Å². The maximum Gasteiger partial charge on any atom is 0.344 e. The third-order valence-electron chi connectivity index (χ3n) is 3.24. The van der Waals surface area contributed by atoms with E-state index in [-0.39, 0.29) is 19.1 Å². The molecule has 24 heavy (non-hydrogen) atoms. The van der Waals surface area contributed by atoms with Crippen molar-refractivity contribution in [3.05, 3.63) is 29.8 Å². The Bertz CT molecular complexity index is 574. The molecule has 0 bridgehead atoms. The molecule has 0 heterocycles.